The van der Waals surface area contributed by atoms with Gasteiger partial charge in [-0.3, -0.25) is 24.5 Å². The minimum Gasteiger partial charge on any atom is -0.325 e. The summed E-state index contributed by atoms with van der Waals surface area (Å²) in [4.78, 5) is 49.7. The number of hydrogen-bond donors (Lipinski definition) is 2. The first-order valence-corrected chi connectivity index (χ1v) is 8.72. The van der Waals surface area contributed by atoms with Gasteiger partial charge in [-0.2, -0.15) is 0 Å². The molecule has 1 saturated heterocycles. The van der Waals surface area contributed by atoms with Crippen LogP contribution < -0.4 is 10.6 Å². The van der Waals surface area contributed by atoms with Gasteiger partial charge >= 0.3 is 0 Å². The van der Waals surface area contributed by atoms with Crippen LogP contribution >= 0.6 is 0 Å². The van der Waals surface area contributed by atoms with E-state index in [9.17, 15) is 28.0 Å². The van der Waals surface area contributed by atoms with Crippen LogP contribution in [-0.2, 0) is 20.9 Å². The fraction of sp³-hybridized carbons (Fsp3) is 0.444. The Hall–Kier alpha value is -2.84. The number of piperidine rings is 1. The molecule has 2 fully saturated rings. The van der Waals surface area contributed by atoms with Crippen molar-refractivity contribution in [2.24, 2.45) is 11.8 Å². The van der Waals surface area contributed by atoms with Gasteiger partial charge in [0.1, 0.15) is 6.04 Å². The molecule has 1 aromatic rings. The Bertz CT molecular complexity index is 857. The first-order chi connectivity index (χ1) is 12.9. The predicted molar refractivity (Wildman–Crippen MR) is 88.7 cm³/mol. The average molecular weight is 377 g/mol. The lowest BCUT2D eigenvalue weighted by Gasteiger charge is -2.29. The van der Waals surface area contributed by atoms with Gasteiger partial charge in [0, 0.05) is 41.6 Å². The number of carbonyl (C=O) groups is 4. The fourth-order valence-electron chi connectivity index (χ4n) is 3.72. The summed E-state index contributed by atoms with van der Waals surface area (Å²) in [6, 6.07) is 4.05. The summed E-state index contributed by atoms with van der Waals surface area (Å²) in [5.41, 5.74) is 1.30. The van der Waals surface area contributed by atoms with Crippen molar-refractivity contribution < 1.29 is 28.0 Å². The lowest BCUT2D eigenvalue weighted by atomic mass is 10.0. The summed E-state index contributed by atoms with van der Waals surface area (Å²) >= 11 is 0. The average Bonchev–Trinajstić information content (AvgIpc) is 3.36. The third-order valence-electron chi connectivity index (χ3n) is 5.34. The van der Waals surface area contributed by atoms with Crippen molar-refractivity contribution in [1.82, 2.24) is 10.2 Å². The number of imide groups is 1. The number of amides is 4. The van der Waals surface area contributed by atoms with Gasteiger partial charge in [-0.05, 0) is 25.0 Å². The van der Waals surface area contributed by atoms with E-state index in [2.05, 4.69) is 10.6 Å². The lowest BCUT2D eigenvalue weighted by molar-refractivity contribution is -0.137. The van der Waals surface area contributed by atoms with Gasteiger partial charge in [0.25, 0.3) is 5.91 Å². The topological polar surface area (TPSA) is 95.6 Å². The van der Waals surface area contributed by atoms with E-state index in [0.717, 1.165) is 0 Å². The summed E-state index contributed by atoms with van der Waals surface area (Å²) in [5.74, 6) is -3.36. The molecule has 1 unspecified atom stereocenters. The number of carbonyl (C=O) groups excluding carboxylic acids is 4. The molecular weight excluding hydrogens is 360 g/mol. The minimum absolute atomic E-state index is 0.111. The zero-order chi connectivity index (χ0) is 19.3. The van der Waals surface area contributed by atoms with E-state index >= 15 is 0 Å². The molecule has 3 aliphatic rings. The first-order valence-electron chi connectivity index (χ1n) is 8.72. The highest BCUT2D eigenvalue weighted by Gasteiger charge is 2.49. The summed E-state index contributed by atoms with van der Waals surface area (Å²) in [6.07, 6.45) is -1.98. The van der Waals surface area contributed by atoms with Gasteiger partial charge in [0.05, 0.1) is 0 Å². The summed E-state index contributed by atoms with van der Waals surface area (Å²) in [6.45, 7) is 0.111. The molecule has 27 heavy (non-hydrogen) atoms. The van der Waals surface area contributed by atoms with Gasteiger partial charge < -0.3 is 10.2 Å². The normalized spacial score (nSPS) is 26.9. The lowest BCUT2D eigenvalue weighted by Crippen LogP contribution is -2.52. The molecule has 4 amide bonds. The van der Waals surface area contributed by atoms with Crippen molar-refractivity contribution in [2.45, 2.75) is 38.3 Å². The van der Waals surface area contributed by atoms with E-state index in [-0.39, 0.29) is 37.6 Å². The molecule has 0 aromatic heterocycles. The predicted octanol–water partition coefficient (Wildman–Crippen LogP) is 1.29. The molecule has 0 spiro atoms. The van der Waals surface area contributed by atoms with Crippen molar-refractivity contribution >= 4 is 29.3 Å². The summed E-state index contributed by atoms with van der Waals surface area (Å²) in [7, 11) is 0. The van der Waals surface area contributed by atoms with Crippen molar-refractivity contribution in [3.05, 3.63) is 29.3 Å². The van der Waals surface area contributed by atoms with Crippen LogP contribution in [0, 0.1) is 11.8 Å². The van der Waals surface area contributed by atoms with Gasteiger partial charge in [-0.15, -0.1) is 0 Å². The van der Waals surface area contributed by atoms with Crippen LogP contribution in [0.15, 0.2) is 18.2 Å². The summed E-state index contributed by atoms with van der Waals surface area (Å²) in [5, 5.41) is 4.87. The van der Waals surface area contributed by atoms with Crippen LogP contribution in [0.1, 0.15) is 35.2 Å². The third-order valence-corrected chi connectivity index (χ3v) is 5.34. The number of alkyl halides is 2. The molecule has 1 aromatic carbocycles. The summed E-state index contributed by atoms with van der Waals surface area (Å²) < 4.78 is 25.3. The molecule has 2 aliphatic heterocycles. The second kappa shape index (κ2) is 6.40. The van der Waals surface area contributed by atoms with Crippen LogP contribution in [0.4, 0.5) is 14.5 Å². The van der Waals surface area contributed by atoms with Gasteiger partial charge in [0.2, 0.25) is 24.1 Å². The molecule has 1 aliphatic carbocycles. The van der Waals surface area contributed by atoms with Crippen molar-refractivity contribution in [2.75, 3.05) is 5.32 Å². The smallest absolute Gasteiger partial charge is 0.255 e. The third kappa shape index (κ3) is 3.07. The second-order valence-electron chi connectivity index (χ2n) is 7.06. The van der Waals surface area contributed by atoms with Crippen LogP contribution in [-0.4, -0.2) is 41.0 Å². The standard InChI is InChI=1S/C18H17F2N3O4/c19-15(20)9-6-10(9)16(25)21-12-3-1-2-8-11(12)7-23(18(8)27)13-4-5-14(24)22-17(13)26/h1-3,9-10,13,15H,4-7H2,(H,21,25)(H,22,24,26)/t9-,10+,13?/m1/s1. The van der Waals surface area contributed by atoms with Crippen molar-refractivity contribution in [3.8, 4) is 0 Å². The molecule has 0 radical (unpaired) electrons. The van der Waals surface area contributed by atoms with E-state index in [0.29, 0.717) is 16.8 Å². The number of hydrogen-bond acceptors (Lipinski definition) is 4. The van der Waals surface area contributed by atoms with Crippen molar-refractivity contribution in [3.63, 3.8) is 0 Å². The quantitative estimate of drug-likeness (QED) is 0.773. The van der Waals surface area contributed by atoms with Gasteiger partial charge in [-0.25, -0.2) is 8.78 Å². The van der Waals surface area contributed by atoms with E-state index in [1.165, 1.54) is 4.90 Å². The monoisotopic (exact) mass is 377 g/mol. The van der Waals surface area contributed by atoms with Crippen LogP contribution in [0.25, 0.3) is 0 Å². The Morgan fingerprint density at radius 2 is 2.04 bits per heavy atom. The minimum atomic E-state index is -2.52. The Labute approximate surface area is 153 Å². The number of nitrogens with zero attached hydrogens (tertiary/aromatic N) is 1. The Balaban J connectivity index is 1.52. The Morgan fingerprint density at radius 3 is 2.70 bits per heavy atom. The molecule has 4 rings (SSSR count). The van der Waals surface area contributed by atoms with Gasteiger partial charge in [0.15, 0.2) is 0 Å². The largest absolute Gasteiger partial charge is 0.325 e. The molecule has 142 valence electrons. The highest BCUT2D eigenvalue weighted by atomic mass is 19.3. The zero-order valence-corrected chi connectivity index (χ0v) is 14.2. The maximum absolute atomic E-state index is 12.7. The number of anilines is 1. The number of rotatable bonds is 4. The Kier molecular flexibility index (Phi) is 4.16. The van der Waals surface area contributed by atoms with E-state index < -0.39 is 36.1 Å². The second-order valence-corrected chi connectivity index (χ2v) is 7.06. The molecular formula is C18H17F2N3O4. The maximum Gasteiger partial charge on any atom is 0.255 e. The van der Waals surface area contributed by atoms with Gasteiger partial charge in [-0.1, -0.05) is 6.07 Å². The molecule has 1 saturated carbocycles. The molecule has 2 N–H and O–H groups in total. The molecule has 2 heterocycles. The molecule has 3 atom stereocenters. The molecule has 0 bridgehead atoms. The first kappa shape index (κ1) is 17.6. The fourth-order valence-corrected chi connectivity index (χ4v) is 3.72. The van der Waals surface area contributed by atoms with Crippen LogP contribution in [0.2, 0.25) is 0 Å². The van der Waals surface area contributed by atoms with Crippen molar-refractivity contribution in [1.29, 1.82) is 0 Å². The van der Waals surface area contributed by atoms with E-state index in [1.807, 2.05) is 0 Å². The zero-order valence-electron chi connectivity index (χ0n) is 14.2. The number of benzene rings is 1. The van der Waals surface area contributed by atoms with E-state index in [1.54, 1.807) is 18.2 Å². The molecule has 7 nitrogen and oxygen atoms in total. The number of fused-ring (bicyclic) bond motifs is 1. The Morgan fingerprint density at radius 1 is 1.26 bits per heavy atom. The van der Waals surface area contributed by atoms with Crippen LogP contribution in [0.5, 0.6) is 0 Å². The maximum atomic E-state index is 12.7. The highest BCUT2D eigenvalue weighted by molar-refractivity contribution is 6.07. The highest BCUT2D eigenvalue weighted by Crippen LogP contribution is 2.44. The number of halogens is 2. The van der Waals surface area contributed by atoms with E-state index in [4.69, 9.17) is 0 Å². The SMILES string of the molecule is O=C1CCC(N2Cc3c(NC(=O)[C@H]4C[C@H]4C(F)F)cccc3C2=O)C(=O)N1. The van der Waals surface area contributed by atoms with Crippen LogP contribution in [0.3, 0.4) is 0 Å². The number of nitrogens with one attached hydrogen (secondary N) is 2. The molecule has 9 heteroatoms.